The number of hydrogen-bond acceptors (Lipinski definition) is 2. The minimum atomic E-state index is -0.778. The van der Waals surface area contributed by atoms with E-state index in [4.69, 9.17) is 10.8 Å². The van der Waals surface area contributed by atoms with E-state index < -0.39 is 22.8 Å². The van der Waals surface area contributed by atoms with E-state index >= 15 is 0 Å². The third-order valence-corrected chi connectivity index (χ3v) is 3.81. The molecule has 1 aliphatic carbocycles. The molecule has 1 aromatic rings. The summed E-state index contributed by atoms with van der Waals surface area (Å²) in [5, 5.41) is 9.13. The van der Waals surface area contributed by atoms with E-state index in [1.807, 2.05) is 0 Å². The highest BCUT2D eigenvalue weighted by atomic mass is 19.1. The first-order valence-electron chi connectivity index (χ1n) is 5.98. The molecule has 94 valence electrons. The maximum Gasteiger partial charge on any atom is 0.165 e. The summed E-state index contributed by atoms with van der Waals surface area (Å²) < 4.78 is 27.2. The van der Waals surface area contributed by atoms with E-state index in [-0.39, 0.29) is 0 Å². The number of aromatic hydroxyl groups is 1. The van der Waals surface area contributed by atoms with Crippen LogP contribution >= 0.6 is 0 Å². The molecule has 0 radical (unpaired) electrons. The van der Waals surface area contributed by atoms with Gasteiger partial charge in [0.05, 0.1) is 0 Å². The van der Waals surface area contributed by atoms with Crippen LogP contribution in [0, 0.1) is 11.6 Å². The van der Waals surface area contributed by atoms with E-state index in [0.29, 0.717) is 12.1 Å². The van der Waals surface area contributed by atoms with Gasteiger partial charge < -0.3 is 10.8 Å². The smallest absolute Gasteiger partial charge is 0.165 e. The minimum absolute atomic E-state index is 0.314. The van der Waals surface area contributed by atoms with Crippen molar-refractivity contribution in [2.75, 3.05) is 6.54 Å². The lowest BCUT2D eigenvalue weighted by molar-refractivity contribution is 0.289. The van der Waals surface area contributed by atoms with Crippen LogP contribution in [0.1, 0.15) is 37.7 Å². The van der Waals surface area contributed by atoms with Crippen molar-refractivity contribution < 1.29 is 13.9 Å². The molecule has 0 heterocycles. The van der Waals surface area contributed by atoms with Crippen molar-refractivity contribution in [3.05, 3.63) is 29.3 Å². The van der Waals surface area contributed by atoms with Gasteiger partial charge in [0.15, 0.2) is 11.6 Å². The van der Waals surface area contributed by atoms with Crippen LogP contribution in [0.5, 0.6) is 5.75 Å². The Hall–Kier alpha value is -1.16. The fourth-order valence-corrected chi connectivity index (χ4v) is 2.75. The number of phenolic OH excluding ortho intramolecular Hbond substituents is 1. The molecule has 0 unspecified atom stereocenters. The molecule has 0 amide bonds. The number of hydrogen-bond donors (Lipinski definition) is 2. The molecule has 1 aliphatic rings. The van der Waals surface area contributed by atoms with E-state index in [9.17, 15) is 8.78 Å². The summed E-state index contributed by atoms with van der Waals surface area (Å²) in [4.78, 5) is 0. The van der Waals surface area contributed by atoms with Gasteiger partial charge in [-0.3, -0.25) is 0 Å². The molecule has 0 bridgehead atoms. The summed E-state index contributed by atoms with van der Waals surface area (Å²) in [6, 6.07) is 1.94. The lowest BCUT2D eigenvalue weighted by Gasteiger charge is -2.37. The number of benzene rings is 1. The van der Waals surface area contributed by atoms with Gasteiger partial charge in [0.2, 0.25) is 0 Å². The molecule has 0 spiro atoms. The quantitative estimate of drug-likeness (QED) is 0.836. The molecule has 2 rings (SSSR count). The predicted octanol–water partition coefficient (Wildman–Crippen LogP) is 2.83. The van der Waals surface area contributed by atoms with Crippen LogP contribution in [-0.2, 0) is 5.41 Å². The number of rotatable bonds is 2. The summed E-state index contributed by atoms with van der Waals surface area (Å²) >= 11 is 0. The topological polar surface area (TPSA) is 46.2 Å². The Morgan fingerprint density at radius 3 is 2.35 bits per heavy atom. The Labute approximate surface area is 99.4 Å². The van der Waals surface area contributed by atoms with E-state index in [1.54, 1.807) is 0 Å². The van der Waals surface area contributed by atoms with Gasteiger partial charge in [-0.25, -0.2) is 8.78 Å². The fraction of sp³-hybridized carbons (Fsp3) is 0.538. The van der Waals surface area contributed by atoms with Crippen LogP contribution in [0.15, 0.2) is 12.1 Å². The highest BCUT2D eigenvalue weighted by Gasteiger charge is 2.35. The first-order valence-corrected chi connectivity index (χ1v) is 5.98. The Balaban J connectivity index is 2.46. The van der Waals surface area contributed by atoms with Crippen molar-refractivity contribution in [2.45, 2.75) is 37.5 Å². The lowest BCUT2D eigenvalue weighted by atomic mass is 9.69. The molecular formula is C13H17F2NO. The third kappa shape index (κ3) is 2.14. The molecule has 4 heteroatoms. The second-order valence-corrected chi connectivity index (χ2v) is 4.83. The number of halogens is 2. The van der Waals surface area contributed by atoms with Crippen molar-refractivity contribution in [3.63, 3.8) is 0 Å². The zero-order valence-corrected chi connectivity index (χ0v) is 9.68. The fourth-order valence-electron chi connectivity index (χ4n) is 2.75. The summed E-state index contributed by atoms with van der Waals surface area (Å²) in [6.45, 7) is 0.314. The molecule has 0 atom stereocenters. The van der Waals surface area contributed by atoms with E-state index in [1.165, 1.54) is 0 Å². The van der Waals surface area contributed by atoms with Crippen molar-refractivity contribution in [2.24, 2.45) is 5.73 Å². The molecule has 1 aromatic carbocycles. The van der Waals surface area contributed by atoms with Crippen molar-refractivity contribution in [1.82, 2.24) is 0 Å². The SMILES string of the molecule is NCC1(c2cc(F)c(O)cc2F)CCCCC1. The van der Waals surface area contributed by atoms with Gasteiger partial charge in [0.25, 0.3) is 0 Å². The summed E-state index contributed by atoms with van der Waals surface area (Å²) in [5.74, 6) is -1.98. The van der Waals surface area contributed by atoms with Gasteiger partial charge in [0.1, 0.15) is 5.82 Å². The van der Waals surface area contributed by atoms with Crippen LogP contribution < -0.4 is 5.73 Å². The lowest BCUT2D eigenvalue weighted by Crippen LogP contribution is -2.38. The molecule has 2 nitrogen and oxygen atoms in total. The van der Waals surface area contributed by atoms with Crippen molar-refractivity contribution in [1.29, 1.82) is 0 Å². The summed E-state index contributed by atoms with van der Waals surface area (Å²) in [6.07, 6.45) is 4.65. The largest absolute Gasteiger partial charge is 0.505 e. The number of nitrogens with two attached hydrogens (primary N) is 1. The summed E-state index contributed by atoms with van der Waals surface area (Å²) in [5.41, 5.74) is 5.63. The van der Waals surface area contributed by atoms with Gasteiger partial charge in [0, 0.05) is 18.0 Å². The maximum atomic E-state index is 13.9. The van der Waals surface area contributed by atoms with Gasteiger partial charge in [-0.1, -0.05) is 19.3 Å². The van der Waals surface area contributed by atoms with Gasteiger partial charge in [-0.15, -0.1) is 0 Å². The monoisotopic (exact) mass is 241 g/mol. The average Bonchev–Trinajstić information content (AvgIpc) is 2.34. The summed E-state index contributed by atoms with van der Waals surface area (Å²) in [7, 11) is 0. The molecule has 0 aliphatic heterocycles. The van der Waals surface area contributed by atoms with Crippen molar-refractivity contribution >= 4 is 0 Å². The zero-order valence-electron chi connectivity index (χ0n) is 9.68. The Morgan fingerprint density at radius 1 is 1.12 bits per heavy atom. The van der Waals surface area contributed by atoms with Crippen LogP contribution in [-0.4, -0.2) is 11.7 Å². The van der Waals surface area contributed by atoms with Gasteiger partial charge >= 0.3 is 0 Å². The van der Waals surface area contributed by atoms with Gasteiger partial charge in [-0.05, 0) is 24.5 Å². The molecule has 0 aromatic heterocycles. The average molecular weight is 241 g/mol. The van der Waals surface area contributed by atoms with Crippen LogP contribution in [0.2, 0.25) is 0 Å². The predicted molar refractivity (Wildman–Crippen MR) is 61.8 cm³/mol. The first kappa shape index (κ1) is 12.3. The second kappa shape index (κ2) is 4.61. The second-order valence-electron chi connectivity index (χ2n) is 4.83. The zero-order chi connectivity index (χ0) is 12.5. The van der Waals surface area contributed by atoms with E-state index in [2.05, 4.69) is 0 Å². The molecular weight excluding hydrogens is 224 g/mol. The maximum absolute atomic E-state index is 13.9. The van der Waals surface area contributed by atoms with Crippen LogP contribution in [0.4, 0.5) is 8.78 Å². The molecule has 17 heavy (non-hydrogen) atoms. The Kier molecular flexibility index (Phi) is 3.33. The normalized spacial score (nSPS) is 19.2. The number of phenols is 1. The van der Waals surface area contributed by atoms with Crippen molar-refractivity contribution in [3.8, 4) is 5.75 Å². The van der Waals surface area contributed by atoms with Crippen LogP contribution in [0.25, 0.3) is 0 Å². The highest BCUT2D eigenvalue weighted by Crippen LogP contribution is 2.40. The highest BCUT2D eigenvalue weighted by molar-refractivity contribution is 5.35. The molecule has 3 N–H and O–H groups in total. The third-order valence-electron chi connectivity index (χ3n) is 3.81. The first-order chi connectivity index (χ1) is 8.09. The molecule has 1 fully saturated rings. The minimum Gasteiger partial charge on any atom is -0.505 e. The van der Waals surface area contributed by atoms with E-state index in [0.717, 1.165) is 44.2 Å². The standard InChI is InChI=1S/C13H17F2NO/c14-10-7-12(17)11(15)6-9(10)13(8-16)4-2-1-3-5-13/h6-7,17H,1-5,8,16H2. The van der Waals surface area contributed by atoms with Gasteiger partial charge in [-0.2, -0.15) is 0 Å². The molecule has 1 saturated carbocycles. The Bertz CT molecular complexity index is 414. The van der Waals surface area contributed by atoms with Crippen LogP contribution in [0.3, 0.4) is 0 Å². The molecule has 0 saturated heterocycles. The Morgan fingerprint density at radius 2 is 1.76 bits per heavy atom.